The number of hydrogen-bond acceptors (Lipinski definition) is 2. The zero-order valence-corrected chi connectivity index (χ0v) is 7.31. The van der Waals surface area contributed by atoms with Crippen LogP contribution in [0.15, 0.2) is 15.3 Å². The number of nitrogens with zero attached hydrogens (tertiary/aromatic N) is 1. The van der Waals surface area contributed by atoms with Crippen LogP contribution in [0.1, 0.15) is 5.56 Å². The third-order valence-electron chi connectivity index (χ3n) is 1.89. The third kappa shape index (κ3) is 0.700. The van der Waals surface area contributed by atoms with E-state index in [1.807, 2.05) is 6.26 Å². The van der Waals surface area contributed by atoms with Crippen LogP contribution in [0.2, 0.25) is 0 Å². The lowest BCUT2D eigenvalue weighted by Gasteiger charge is -2.08. The van der Waals surface area contributed by atoms with Gasteiger partial charge in [0, 0.05) is 19.2 Å². The predicted molar refractivity (Wildman–Crippen MR) is 43.4 cm³/mol. The van der Waals surface area contributed by atoms with Gasteiger partial charge in [0.1, 0.15) is 0 Å². The molecule has 54 valence electrons. The first-order valence-electron chi connectivity index (χ1n) is 3.26. The Kier molecular flexibility index (Phi) is 1.27. The number of hydrogen-bond donors (Lipinski definition) is 0. The monoisotopic (exact) mass is 201 g/mol. The molecule has 0 saturated carbocycles. The van der Waals surface area contributed by atoms with Crippen molar-refractivity contribution in [2.75, 3.05) is 18.5 Å². The molecule has 10 heavy (non-hydrogen) atoms. The molecule has 0 N–H and O–H groups in total. The van der Waals surface area contributed by atoms with E-state index in [0.717, 1.165) is 17.6 Å². The third-order valence-corrected chi connectivity index (χ3v) is 2.46. The molecule has 3 heteroatoms. The highest BCUT2D eigenvalue weighted by molar-refractivity contribution is 9.10. The number of anilines is 1. The van der Waals surface area contributed by atoms with E-state index in [2.05, 4.69) is 27.9 Å². The Hall–Kier alpha value is -0.440. The standard InChI is InChI=1S/C7H8BrNO/c1-9-3-2-5-4-10-7(8)6(5)9/h4H,2-3H2,1H3. The number of furan rings is 1. The van der Waals surface area contributed by atoms with Crippen LogP contribution in [0, 0.1) is 0 Å². The fraction of sp³-hybridized carbons (Fsp3) is 0.429. The molecule has 2 heterocycles. The van der Waals surface area contributed by atoms with Gasteiger partial charge in [0.25, 0.3) is 0 Å². The average Bonchev–Trinajstić information content (AvgIpc) is 2.40. The molecule has 0 saturated heterocycles. The second kappa shape index (κ2) is 2.02. The summed E-state index contributed by atoms with van der Waals surface area (Å²) in [5.41, 5.74) is 2.54. The Balaban J connectivity index is 2.54. The molecular formula is C7H8BrNO. The summed E-state index contributed by atoms with van der Waals surface area (Å²) in [5.74, 6) is 0. The molecule has 2 rings (SSSR count). The van der Waals surface area contributed by atoms with E-state index >= 15 is 0 Å². The van der Waals surface area contributed by atoms with Gasteiger partial charge in [0.15, 0.2) is 4.67 Å². The summed E-state index contributed by atoms with van der Waals surface area (Å²) in [5, 5.41) is 0. The maximum atomic E-state index is 5.18. The van der Waals surface area contributed by atoms with Gasteiger partial charge < -0.3 is 9.32 Å². The average molecular weight is 202 g/mol. The maximum absolute atomic E-state index is 5.18. The molecule has 1 aliphatic heterocycles. The molecular weight excluding hydrogens is 194 g/mol. The molecule has 1 aromatic heterocycles. The van der Waals surface area contributed by atoms with Gasteiger partial charge in [-0.2, -0.15) is 0 Å². The Morgan fingerprint density at radius 2 is 2.50 bits per heavy atom. The molecule has 0 aromatic carbocycles. The predicted octanol–water partition coefficient (Wildman–Crippen LogP) is 2.03. The fourth-order valence-corrected chi connectivity index (χ4v) is 1.98. The van der Waals surface area contributed by atoms with Gasteiger partial charge >= 0.3 is 0 Å². The normalized spacial score (nSPS) is 16.0. The summed E-state index contributed by atoms with van der Waals surface area (Å²) in [6.45, 7) is 1.11. The van der Waals surface area contributed by atoms with E-state index in [0.29, 0.717) is 0 Å². The Morgan fingerprint density at radius 3 is 3.20 bits per heavy atom. The van der Waals surface area contributed by atoms with Crippen molar-refractivity contribution in [3.8, 4) is 0 Å². The van der Waals surface area contributed by atoms with E-state index in [1.165, 1.54) is 11.3 Å². The van der Waals surface area contributed by atoms with Crippen LogP contribution in [0.5, 0.6) is 0 Å². The smallest absolute Gasteiger partial charge is 0.192 e. The van der Waals surface area contributed by atoms with Crippen LogP contribution in [-0.4, -0.2) is 13.6 Å². The van der Waals surface area contributed by atoms with Crippen molar-refractivity contribution in [3.63, 3.8) is 0 Å². The summed E-state index contributed by atoms with van der Waals surface area (Å²) in [4.78, 5) is 2.20. The van der Waals surface area contributed by atoms with Crippen LogP contribution in [0.3, 0.4) is 0 Å². The van der Waals surface area contributed by atoms with E-state index in [1.54, 1.807) is 0 Å². The number of halogens is 1. The summed E-state index contributed by atoms with van der Waals surface area (Å²) in [6, 6.07) is 0. The minimum absolute atomic E-state index is 0.863. The van der Waals surface area contributed by atoms with Crippen LogP contribution in [0.4, 0.5) is 5.69 Å². The lowest BCUT2D eigenvalue weighted by atomic mass is 10.3. The van der Waals surface area contributed by atoms with E-state index in [9.17, 15) is 0 Å². The molecule has 0 unspecified atom stereocenters. The van der Waals surface area contributed by atoms with Gasteiger partial charge in [-0.1, -0.05) is 0 Å². The van der Waals surface area contributed by atoms with E-state index in [-0.39, 0.29) is 0 Å². The van der Waals surface area contributed by atoms with Gasteiger partial charge in [-0.25, -0.2) is 0 Å². The highest BCUT2D eigenvalue weighted by Crippen LogP contribution is 2.35. The topological polar surface area (TPSA) is 16.4 Å². The molecule has 0 atom stereocenters. The Labute approximate surface area is 67.9 Å². The summed E-state index contributed by atoms with van der Waals surface area (Å²) in [6.07, 6.45) is 2.93. The summed E-state index contributed by atoms with van der Waals surface area (Å²) < 4.78 is 6.05. The van der Waals surface area contributed by atoms with Crippen molar-refractivity contribution in [2.45, 2.75) is 6.42 Å². The van der Waals surface area contributed by atoms with Gasteiger partial charge in [-0.05, 0) is 22.4 Å². The molecule has 0 bridgehead atoms. The van der Waals surface area contributed by atoms with Gasteiger partial charge in [0.05, 0.1) is 12.0 Å². The lowest BCUT2D eigenvalue weighted by molar-refractivity contribution is 0.535. The van der Waals surface area contributed by atoms with E-state index < -0.39 is 0 Å². The van der Waals surface area contributed by atoms with Crippen molar-refractivity contribution in [2.24, 2.45) is 0 Å². The minimum atomic E-state index is 0.863. The largest absolute Gasteiger partial charge is 0.455 e. The number of fused-ring (bicyclic) bond motifs is 1. The SMILES string of the molecule is CN1CCc2coc(Br)c21. The minimum Gasteiger partial charge on any atom is -0.455 e. The van der Waals surface area contributed by atoms with Crippen molar-refractivity contribution >= 4 is 21.6 Å². The van der Waals surface area contributed by atoms with Crippen LogP contribution in [0.25, 0.3) is 0 Å². The molecule has 2 nitrogen and oxygen atoms in total. The molecule has 0 radical (unpaired) electrons. The van der Waals surface area contributed by atoms with Crippen LogP contribution in [-0.2, 0) is 6.42 Å². The highest BCUT2D eigenvalue weighted by Gasteiger charge is 2.21. The van der Waals surface area contributed by atoms with Crippen LogP contribution >= 0.6 is 15.9 Å². The Morgan fingerprint density at radius 1 is 1.70 bits per heavy atom. The quantitative estimate of drug-likeness (QED) is 0.639. The lowest BCUT2D eigenvalue weighted by Crippen LogP contribution is -2.12. The number of rotatable bonds is 0. The first-order chi connectivity index (χ1) is 4.79. The summed E-state index contributed by atoms with van der Waals surface area (Å²) in [7, 11) is 2.08. The molecule has 1 aromatic rings. The van der Waals surface area contributed by atoms with Gasteiger partial charge in [-0.3, -0.25) is 0 Å². The second-order valence-electron chi connectivity index (χ2n) is 2.55. The van der Waals surface area contributed by atoms with Crippen LogP contribution < -0.4 is 4.90 Å². The van der Waals surface area contributed by atoms with Crippen molar-refractivity contribution in [3.05, 3.63) is 16.5 Å². The van der Waals surface area contributed by atoms with Crippen molar-refractivity contribution < 1.29 is 4.42 Å². The maximum Gasteiger partial charge on any atom is 0.192 e. The second-order valence-corrected chi connectivity index (χ2v) is 3.28. The number of likely N-dealkylation sites (N-methyl/N-ethyl adjacent to an activating group) is 1. The zero-order chi connectivity index (χ0) is 7.14. The molecule has 1 aliphatic rings. The summed E-state index contributed by atoms with van der Waals surface area (Å²) >= 11 is 3.35. The fourth-order valence-electron chi connectivity index (χ4n) is 1.33. The molecule has 0 amide bonds. The highest BCUT2D eigenvalue weighted by atomic mass is 79.9. The zero-order valence-electron chi connectivity index (χ0n) is 5.72. The Bertz CT molecular complexity index is 256. The first kappa shape index (κ1) is 6.28. The molecule has 0 aliphatic carbocycles. The molecule has 0 spiro atoms. The van der Waals surface area contributed by atoms with Crippen molar-refractivity contribution in [1.29, 1.82) is 0 Å². The first-order valence-corrected chi connectivity index (χ1v) is 4.05. The van der Waals surface area contributed by atoms with Crippen molar-refractivity contribution in [1.82, 2.24) is 0 Å². The van der Waals surface area contributed by atoms with Gasteiger partial charge in [-0.15, -0.1) is 0 Å². The molecule has 0 fully saturated rings. The van der Waals surface area contributed by atoms with E-state index in [4.69, 9.17) is 4.42 Å². The van der Waals surface area contributed by atoms with Gasteiger partial charge in [0.2, 0.25) is 0 Å².